The minimum absolute atomic E-state index is 0.00394. The van der Waals surface area contributed by atoms with Crippen LogP contribution in [0.3, 0.4) is 0 Å². The second-order valence-electron chi connectivity index (χ2n) is 6.30. The van der Waals surface area contributed by atoms with Gasteiger partial charge in [-0.15, -0.1) is 0 Å². The van der Waals surface area contributed by atoms with Gasteiger partial charge < -0.3 is 9.64 Å². The Morgan fingerprint density at radius 1 is 1.26 bits per heavy atom. The lowest BCUT2D eigenvalue weighted by Gasteiger charge is -2.24. The predicted octanol–water partition coefficient (Wildman–Crippen LogP) is 2.02. The Labute approximate surface area is 160 Å². The van der Waals surface area contributed by atoms with Crippen molar-refractivity contribution in [2.45, 2.75) is 12.5 Å². The molecule has 0 aromatic heterocycles. The topological polar surface area (TPSA) is 79.3 Å². The van der Waals surface area contributed by atoms with Crippen molar-refractivity contribution in [3.63, 3.8) is 0 Å². The van der Waals surface area contributed by atoms with E-state index < -0.39 is 33.7 Å². The number of aliphatic imine (C=N–C) groups is 1. The van der Waals surface area contributed by atoms with Crippen molar-refractivity contribution in [3.8, 4) is 0 Å². The van der Waals surface area contributed by atoms with Crippen LogP contribution < -0.4 is 9.80 Å². The summed E-state index contributed by atoms with van der Waals surface area (Å²) in [7, 11) is -3.21. The summed E-state index contributed by atoms with van der Waals surface area (Å²) in [5, 5.41) is 2.17. The number of sulfone groups is 1. The summed E-state index contributed by atoms with van der Waals surface area (Å²) in [6.07, 6.45) is -1.01. The van der Waals surface area contributed by atoms with Crippen LogP contribution in [0.2, 0.25) is 0 Å². The van der Waals surface area contributed by atoms with Gasteiger partial charge in [0.1, 0.15) is 11.8 Å². The van der Waals surface area contributed by atoms with E-state index >= 15 is 0 Å². The summed E-state index contributed by atoms with van der Waals surface area (Å²) < 4.78 is 57.8. The SMILES string of the molecule is O=C1O[C@@H](CN=C=S)CN1c1cc(F)c(N2CCCS(=O)(=O)CC2)c(F)c1. The average molecular weight is 417 g/mol. The van der Waals surface area contributed by atoms with Crippen LogP contribution in [0.5, 0.6) is 0 Å². The molecule has 0 radical (unpaired) electrons. The molecule has 1 aromatic carbocycles. The van der Waals surface area contributed by atoms with Crippen LogP contribution in [0.1, 0.15) is 6.42 Å². The van der Waals surface area contributed by atoms with Crippen LogP contribution in [0.25, 0.3) is 0 Å². The molecule has 2 aliphatic rings. The fourth-order valence-electron chi connectivity index (χ4n) is 3.14. The van der Waals surface area contributed by atoms with Gasteiger partial charge in [0.2, 0.25) is 0 Å². The van der Waals surface area contributed by atoms with Crippen molar-refractivity contribution in [2.24, 2.45) is 4.99 Å². The number of amides is 1. The second kappa shape index (κ2) is 7.87. The van der Waals surface area contributed by atoms with Crippen LogP contribution >= 0.6 is 12.2 Å². The van der Waals surface area contributed by atoms with Crippen molar-refractivity contribution in [2.75, 3.05) is 47.5 Å². The number of isothiocyanates is 1. The molecule has 2 heterocycles. The van der Waals surface area contributed by atoms with Gasteiger partial charge in [0.05, 0.1) is 35.4 Å². The molecule has 27 heavy (non-hydrogen) atoms. The Kier molecular flexibility index (Phi) is 5.73. The number of carbonyl (C=O) groups is 1. The Morgan fingerprint density at radius 3 is 2.63 bits per heavy atom. The first kappa shape index (κ1) is 19.7. The number of rotatable bonds is 4. The monoisotopic (exact) mass is 417 g/mol. The molecule has 2 fully saturated rings. The van der Waals surface area contributed by atoms with Gasteiger partial charge in [-0.25, -0.2) is 27.0 Å². The van der Waals surface area contributed by atoms with Crippen molar-refractivity contribution >= 4 is 44.7 Å². The largest absolute Gasteiger partial charge is 0.442 e. The number of hydrogen-bond donors (Lipinski definition) is 0. The number of hydrogen-bond acceptors (Lipinski definition) is 7. The van der Waals surface area contributed by atoms with Crippen LogP contribution in [0, 0.1) is 11.6 Å². The number of carbonyl (C=O) groups excluding carboxylic acids is 1. The maximum absolute atomic E-state index is 14.6. The molecule has 3 rings (SSSR count). The maximum atomic E-state index is 14.6. The van der Waals surface area contributed by atoms with Gasteiger partial charge in [0.15, 0.2) is 21.5 Å². The van der Waals surface area contributed by atoms with Gasteiger partial charge in [-0.05, 0) is 18.6 Å². The Balaban J connectivity index is 1.83. The summed E-state index contributed by atoms with van der Waals surface area (Å²) >= 11 is 4.46. The number of nitrogens with zero attached hydrogens (tertiary/aromatic N) is 3. The fraction of sp³-hybridized carbons (Fsp3) is 0.500. The van der Waals surface area contributed by atoms with Gasteiger partial charge in [0.25, 0.3) is 0 Å². The molecular weight excluding hydrogens is 400 g/mol. The van der Waals surface area contributed by atoms with Gasteiger partial charge in [-0.3, -0.25) is 4.90 Å². The number of halogens is 2. The molecule has 0 spiro atoms. The quantitative estimate of drug-likeness (QED) is 0.551. The van der Waals surface area contributed by atoms with Crippen LogP contribution in [-0.2, 0) is 14.6 Å². The van der Waals surface area contributed by atoms with E-state index in [-0.39, 0.29) is 49.1 Å². The molecule has 2 aliphatic heterocycles. The summed E-state index contributed by atoms with van der Waals surface area (Å²) in [6, 6.07) is 2.09. The van der Waals surface area contributed by atoms with E-state index in [0.29, 0.717) is 6.42 Å². The summed E-state index contributed by atoms with van der Waals surface area (Å²) in [4.78, 5) is 18.2. The average Bonchev–Trinajstić information content (AvgIpc) is 2.87. The third-order valence-corrected chi connectivity index (χ3v) is 6.26. The molecule has 1 atom stereocenters. The minimum Gasteiger partial charge on any atom is -0.442 e. The first-order valence-electron chi connectivity index (χ1n) is 8.27. The lowest BCUT2D eigenvalue weighted by Crippen LogP contribution is -2.29. The molecule has 0 aliphatic carbocycles. The van der Waals surface area contributed by atoms with Crippen molar-refractivity contribution in [3.05, 3.63) is 23.8 Å². The van der Waals surface area contributed by atoms with Gasteiger partial charge in [0, 0.05) is 25.2 Å². The van der Waals surface area contributed by atoms with Gasteiger partial charge >= 0.3 is 6.09 Å². The van der Waals surface area contributed by atoms with Crippen molar-refractivity contribution < 1.29 is 26.7 Å². The first-order chi connectivity index (χ1) is 12.8. The van der Waals surface area contributed by atoms with Crippen molar-refractivity contribution in [1.29, 1.82) is 0 Å². The van der Waals surface area contributed by atoms with Crippen LogP contribution in [0.4, 0.5) is 25.0 Å². The number of thiocarbonyl (C=S) groups is 1. The Morgan fingerprint density at radius 2 is 1.96 bits per heavy atom. The number of benzene rings is 1. The molecule has 0 saturated carbocycles. The lowest BCUT2D eigenvalue weighted by atomic mass is 10.2. The zero-order valence-corrected chi connectivity index (χ0v) is 15.9. The smallest absolute Gasteiger partial charge is 0.414 e. The molecule has 0 bridgehead atoms. The summed E-state index contributed by atoms with van der Waals surface area (Å²) in [6.45, 7) is 0.450. The first-order valence-corrected chi connectivity index (χ1v) is 10.5. The Hall–Kier alpha value is -2.10. The highest BCUT2D eigenvalue weighted by atomic mass is 32.2. The number of anilines is 2. The zero-order chi connectivity index (χ0) is 19.6. The third-order valence-electron chi connectivity index (χ3n) is 4.42. The van der Waals surface area contributed by atoms with Crippen LogP contribution in [0.15, 0.2) is 17.1 Å². The molecule has 146 valence electrons. The standard InChI is InChI=1S/C16H17F2N3O4S2/c17-13-6-11(21-9-12(8-19-10-26)25-16(21)22)7-14(18)15(13)20-2-1-4-27(23,24)5-3-20/h6-7,12H,1-5,8-9H2/t12-/m0/s1. The highest BCUT2D eigenvalue weighted by Gasteiger charge is 2.33. The fourth-order valence-corrected chi connectivity index (χ4v) is 4.48. The highest BCUT2D eigenvalue weighted by molar-refractivity contribution is 7.91. The minimum atomic E-state index is -3.21. The normalized spacial score (nSPS) is 22.1. The number of ether oxygens (including phenoxy) is 1. The summed E-state index contributed by atoms with van der Waals surface area (Å²) in [5.74, 6) is -1.89. The molecule has 2 saturated heterocycles. The lowest BCUT2D eigenvalue weighted by molar-refractivity contribution is 0.145. The maximum Gasteiger partial charge on any atom is 0.414 e. The second-order valence-corrected chi connectivity index (χ2v) is 8.79. The molecular formula is C16H17F2N3O4S2. The van der Waals surface area contributed by atoms with E-state index in [4.69, 9.17) is 4.74 Å². The number of cyclic esters (lactones) is 1. The predicted molar refractivity (Wildman–Crippen MR) is 99.3 cm³/mol. The molecule has 1 aromatic rings. The molecule has 1 amide bonds. The van der Waals surface area contributed by atoms with Crippen molar-refractivity contribution in [1.82, 2.24) is 0 Å². The highest BCUT2D eigenvalue weighted by Crippen LogP contribution is 2.31. The van der Waals surface area contributed by atoms with Gasteiger partial charge in [-0.2, -0.15) is 0 Å². The van der Waals surface area contributed by atoms with E-state index in [1.165, 1.54) is 4.90 Å². The van der Waals surface area contributed by atoms with E-state index in [1.807, 2.05) is 0 Å². The third kappa shape index (κ3) is 4.42. The van der Waals surface area contributed by atoms with E-state index in [2.05, 4.69) is 22.4 Å². The molecule has 0 N–H and O–H groups in total. The molecule has 11 heteroatoms. The van der Waals surface area contributed by atoms with E-state index in [1.54, 1.807) is 0 Å². The van der Waals surface area contributed by atoms with E-state index in [0.717, 1.165) is 17.0 Å². The zero-order valence-electron chi connectivity index (χ0n) is 14.2. The van der Waals surface area contributed by atoms with Crippen LogP contribution in [-0.4, -0.2) is 63.5 Å². The van der Waals surface area contributed by atoms with E-state index in [9.17, 15) is 22.0 Å². The van der Waals surface area contributed by atoms with Gasteiger partial charge in [-0.1, -0.05) is 0 Å². The summed E-state index contributed by atoms with van der Waals surface area (Å²) in [5.41, 5.74) is -0.264. The molecule has 0 unspecified atom stereocenters. The molecule has 7 nitrogen and oxygen atoms in total. The Bertz CT molecular complexity index is 880.